The van der Waals surface area contributed by atoms with E-state index >= 15 is 0 Å². The summed E-state index contributed by atoms with van der Waals surface area (Å²) in [4.78, 5) is 14.4. The van der Waals surface area contributed by atoms with Gasteiger partial charge in [-0.05, 0) is 50.8 Å². The molecule has 3 rings (SSSR count). The molecular formula is C15H23N3O. The Morgan fingerprint density at radius 3 is 2.89 bits per heavy atom. The zero-order valence-corrected chi connectivity index (χ0v) is 11.6. The molecule has 2 heterocycles. The van der Waals surface area contributed by atoms with Crippen LogP contribution in [0.15, 0.2) is 18.3 Å². The molecule has 4 nitrogen and oxygen atoms in total. The maximum absolute atomic E-state index is 12.5. The second-order valence-corrected chi connectivity index (χ2v) is 5.86. The largest absolute Gasteiger partial charge is 0.340 e. The number of amides is 1. The topological polar surface area (TPSA) is 37.3 Å². The fourth-order valence-electron chi connectivity index (χ4n) is 3.08. The second-order valence-electron chi connectivity index (χ2n) is 5.86. The van der Waals surface area contributed by atoms with Crippen molar-refractivity contribution in [2.24, 2.45) is 0 Å². The summed E-state index contributed by atoms with van der Waals surface area (Å²) in [7, 11) is 1.92. The van der Waals surface area contributed by atoms with Crippen LogP contribution < -0.4 is 5.32 Å². The Labute approximate surface area is 114 Å². The normalized spacial score (nSPS) is 23.3. The lowest BCUT2D eigenvalue weighted by Gasteiger charge is -2.30. The molecule has 104 valence electrons. The lowest BCUT2D eigenvalue weighted by atomic mass is 9.93. The van der Waals surface area contributed by atoms with Crippen molar-refractivity contribution in [1.29, 1.82) is 0 Å². The van der Waals surface area contributed by atoms with E-state index in [-0.39, 0.29) is 5.91 Å². The number of hydrogen-bond donors (Lipinski definition) is 1. The molecule has 1 saturated heterocycles. The Morgan fingerprint density at radius 1 is 1.42 bits per heavy atom. The van der Waals surface area contributed by atoms with Crippen LogP contribution in [0.1, 0.15) is 48.6 Å². The minimum absolute atomic E-state index is 0.158. The van der Waals surface area contributed by atoms with Crippen molar-refractivity contribution in [3.8, 4) is 0 Å². The highest BCUT2D eigenvalue weighted by Crippen LogP contribution is 2.32. The van der Waals surface area contributed by atoms with Crippen LogP contribution >= 0.6 is 0 Å². The molecule has 1 amide bonds. The van der Waals surface area contributed by atoms with Crippen LogP contribution in [0.25, 0.3) is 0 Å². The quantitative estimate of drug-likeness (QED) is 0.900. The Kier molecular flexibility index (Phi) is 3.60. The zero-order valence-electron chi connectivity index (χ0n) is 11.6. The first-order valence-electron chi connectivity index (χ1n) is 7.41. The Bertz CT molecular complexity index is 444. The standard InChI is InChI=1S/C15H23N3O/c1-17(11-12-5-3-9-16-12)15(19)14-8-4-10-18(14)13-6-2-7-13/h4,8,10,12-13,16H,2-3,5-7,9,11H2,1H3. The molecule has 4 heteroatoms. The van der Waals surface area contributed by atoms with Crippen LogP contribution in [-0.2, 0) is 0 Å². The van der Waals surface area contributed by atoms with E-state index in [0.29, 0.717) is 12.1 Å². The Hall–Kier alpha value is -1.29. The first kappa shape index (κ1) is 12.7. The first-order valence-corrected chi connectivity index (χ1v) is 7.41. The SMILES string of the molecule is CN(CC1CCCN1)C(=O)c1cccn1C1CCC1. The third-order valence-corrected chi connectivity index (χ3v) is 4.47. The molecule has 0 radical (unpaired) electrons. The van der Waals surface area contributed by atoms with Gasteiger partial charge in [-0.3, -0.25) is 4.79 Å². The van der Waals surface area contributed by atoms with Crippen molar-refractivity contribution in [3.05, 3.63) is 24.0 Å². The molecule has 1 N–H and O–H groups in total. The predicted octanol–water partition coefficient (Wildman–Crippen LogP) is 2.04. The summed E-state index contributed by atoms with van der Waals surface area (Å²) in [5, 5.41) is 3.45. The molecule has 1 aliphatic carbocycles. The lowest BCUT2D eigenvalue weighted by molar-refractivity contribution is 0.0767. The highest BCUT2D eigenvalue weighted by Gasteiger charge is 2.26. The third kappa shape index (κ3) is 2.54. The van der Waals surface area contributed by atoms with Crippen molar-refractivity contribution in [3.63, 3.8) is 0 Å². The van der Waals surface area contributed by atoms with Gasteiger partial charge in [0.05, 0.1) is 0 Å². The summed E-state index contributed by atoms with van der Waals surface area (Å²) in [5.74, 6) is 0.158. The molecule has 1 aromatic rings. The number of hydrogen-bond acceptors (Lipinski definition) is 2. The van der Waals surface area contributed by atoms with E-state index in [1.54, 1.807) is 0 Å². The fourth-order valence-corrected chi connectivity index (χ4v) is 3.08. The monoisotopic (exact) mass is 261 g/mol. The van der Waals surface area contributed by atoms with Crippen molar-refractivity contribution < 1.29 is 4.79 Å². The summed E-state index contributed by atoms with van der Waals surface area (Å²) >= 11 is 0. The van der Waals surface area contributed by atoms with Gasteiger partial charge < -0.3 is 14.8 Å². The van der Waals surface area contributed by atoms with E-state index in [9.17, 15) is 4.79 Å². The highest BCUT2D eigenvalue weighted by atomic mass is 16.2. The molecule has 1 aliphatic heterocycles. The van der Waals surface area contributed by atoms with Crippen molar-refractivity contribution >= 4 is 5.91 Å². The summed E-state index contributed by atoms with van der Waals surface area (Å²) in [6, 6.07) is 4.97. The van der Waals surface area contributed by atoms with Gasteiger partial charge in [0.15, 0.2) is 0 Å². The number of carbonyl (C=O) groups excluding carboxylic acids is 1. The van der Waals surface area contributed by atoms with Gasteiger partial charge >= 0.3 is 0 Å². The molecule has 19 heavy (non-hydrogen) atoms. The molecule has 2 aliphatic rings. The summed E-state index contributed by atoms with van der Waals surface area (Å²) in [5.41, 5.74) is 0.852. The van der Waals surface area contributed by atoms with Crippen LogP contribution in [0.2, 0.25) is 0 Å². The molecule has 1 unspecified atom stereocenters. The molecule has 0 bridgehead atoms. The fraction of sp³-hybridized carbons (Fsp3) is 0.667. The molecule has 1 saturated carbocycles. The van der Waals surface area contributed by atoms with Crippen LogP contribution in [0.3, 0.4) is 0 Å². The number of nitrogens with zero attached hydrogens (tertiary/aromatic N) is 2. The van der Waals surface area contributed by atoms with Gasteiger partial charge in [-0.15, -0.1) is 0 Å². The predicted molar refractivity (Wildman–Crippen MR) is 75.3 cm³/mol. The highest BCUT2D eigenvalue weighted by molar-refractivity contribution is 5.92. The summed E-state index contributed by atoms with van der Waals surface area (Å²) < 4.78 is 2.17. The van der Waals surface area contributed by atoms with E-state index in [0.717, 1.165) is 18.8 Å². The van der Waals surface area contributed by atoms with Crippen LogP contribution in [0.5, 0.6) is 0 Å². The molecular weight excluding hydrogens is 238 g/mol. The van der Waals surface area contributed by atoms with Gasteiger partial charge in [-0.25, -0.2) is 0 Å². The van der Waals surface area contributed by atoms with Crippen molar-refractivity contribution in [1.82, 2.24) is 14.8 Å². The number of nitrogens with one attached hydrogen (secondary N) is 1. The van der Waals surface area contributed by atoms with Crippen LogP contribution in [-0.4, -0.2) is 41.6 Å². The van der Waals surface area contributed by atoms with E-state index in [2.05, 4.69) is 16.1 Å². The molecule has 0 spiro atoms. The minimum Gasteiger partial charge on any atom is -0.340 e. The van der Waals surface area contributed by atoms with Crippen molar-refractivity contribution in [2.75, 3.05) is 20.1 Å². The minimum atomic E-state index is 0.158. The van der Waals surface area contributed by atoms with E-state index in [1.165, 1.54) is 32.1 Å². The van der Waals surface area contributed by atoms with E-state index in [4.69, 9.17) is 0 Å². The second kappa shape index (κ2) is 5.37. The molecule has 2 fully saturated rings. The van der Waals surface area contributed by atoms with Gasteiger partial charge in [-0.1, -0.05) is 0 Å². The number of rotatable bonds is 4. The Morgan fingerprint density at radius 2 is 2.26 bits per heavy atom. The number of likely N-dealkylation sites (N-methyl/N-ethyl adjacent to an activating group) is 1. The molecule has 0 aromatic carbocycles. The summed E-state index contributed by atoms with van der Waals surface area (Å²) in [6.45, 7) is 1.90. The van der Waals surface area contributed by atoms with Gasteiger partial charge in [-0.2, -0.15) is 0 Å². The van der Waals surface area contributed by atoms with E-state index in [1.807, 2.05) is 24.1 Å². The van der Waals surface area contributed by atoms with Gasteiger partial charge in [0, 0.05) is 31.9 Å². The maximum Gasteiger partial charge on any atom is 0.270 e. The number of aromatic nitrogens is 1. The average molecular weight is 261 g/mol. The maximum atomic E-state index is 12.5. The lowest BCUT2D eigenvalue weighted by Crippen LogP contribution is -2.39. The van der Waals surface area contributed by atoms with Gasteiger partial charge in [0.1, 0.15) is 5.69 Å². The van der Waals surface area contributed by atoms with Gasteiger partial charge in [0.25, 0.3) is 5.91 Å². The Balaban J connectivity index is 1.66. The van der Waals surface area contributed by atoms with Crippen LogP contribution in [0.4, 0.5) is 0 Å². The third-order valence-electron chi connectivity index (χ3n) is 4.47. The van der Waals surface area contributed by atoms with Crippen molar-refractivity contribution in [2.45, 2.75) is 44.2 Å². The smallest absolute Gasteiger partial charge is 0.270 e. The summed E-state index contributed by atoms with van der Waals surface area (Å²) in [6.07, 6.45) is 8.18. The zero-order chi connectivity index (χ0) is 13.2. The van der Waals surface area contributed by atoms with Gasteiger partial charge in [0.2, 0.25) is 0 Å². The van der Waals surface area contributed by atoms with E-state index < -0.39 is 0 Å². The average Bonchev–Trinajstić information content (AvgIpc) is 2.97. The first-order chi connectivity index (χ1) is 9.25. The molecule has 1 aromatic heterocycles. The molecule has 1 atom stereocenters. The van der Waals surface area contributed by atoms with Crippen LogP contribution in [0, 0.1) is 0 Å². The number of carbonyl (C=O) groups is 1.